The number of hydrogen-bond donors (Lipinski definition) is 0. The molecular formula is C16H26N4O2. The molecule has 0 saturated carbocycles. The summed E-state index contributed by atoms with van der Waals surface area (Å²) in [5.41, 5.74) is -0.910. The first kappa shape index (κ1) is 15.5. The van der Waals surface area contributed by atoms with Gasteiger partial charge in [0.1, 0.15) is 5.82 Å². The van der Waals surface area contributed by atoms with Crippen LogP contribution >= 0.6 is 0 Å². The zero-order valence-corrected chi connectivity index (χ0v) is 14.0. The van der Waals surface area contributed by atoms with Crippen LogP contribution in [0.1, 0.15) is 58.8 Å². The van der Waals surface area contributed by atoms with Crippen molar-refractivity contribution in [3.63, 3.8) is 0 Å². The molecule has 1 aromatic heterocycles. The molecule has 3 rings (SSSR count). The number of nitrogens with zero attached hydrogens (tertiary/aromatic N) is 4. The lowest BCUT2D eigenvalue weighted by atomic mass is 9.76. The predicted octanol–water partition coefficient (Wildman–Crippen LogP) is 1.13. The summed E-state index contributed by atoms with van der Waals surface area (Å²) in [5.74, 6) is 0.842. The molecular weight excluding hydrogens is 280 g/mol. The van der Waals surface area contributed by atoms with Crippen molar-refractivity contribution in [3.05, 3.63) is 26.5 Å². The van der Waals surface area contributed by atoms with E-state index in [0.717, 1.165) is 38.2 Å². The van der Waals surface area contributed by atoms with Crippen LogP contribution in [-0.2, 0) is 12.0 Å². The van der Waals surface area contributed by atoms with Crippen LogP contribution in [0.4, 0.5) is 0 Å². The van der Waals surface area contributed by atoms with E-state index in [1.165, 1.54) is 4.68 Å². The Morgan fingerprint density at radius 2 is 1.50 bits per heavy atom. The summed E-state index contributed by atoms with van der Waals surface area (Å²) in [4.78, 5) is 27.0. The molecule has 0 unspecified atom stereocenters. The van der Waals surface area contributed by atoms with Crippen LogP contribution in [0.15, 0.2) is 9.59 Å². The van der Waals surface area contributed by atoms with Crippen molar-refractivity contribution in [2.45, 2.75) is 71.0 Å². The molecule has 122 valence electrons. The van der Waals surface area contributed by atoms with Crippen molar-refractivity contribution in [2.24, 2.45) is 0 Å². The number of fused-ring (bicyclic) bond motifs is 2. The molecule has 0 aromatic carbocycles. The highest BCUT2D eigenvalue weighted by Crippen LogP contribution is 2.41. The van der Waals surface area contributed by atoms with E-state index >= 15 is 0 Å². The second kappa shape index (κ2) is 5.33. The van der Waals surface area contributed by atoms with Crippen LogP contribution in [0.3, 0.4) is 0 Å². The van der Waals surface area contributed by atoms with Crippen LogP contribution < -0.4 is 11.1 Å². The Labute approximate surface area is 130 Å². The number of likely N-dealkylation sites (tertiary alicyclic amines) is 1. The fourth-order valence-corrected chi connectivity index (χ4v) is 3.84. The van der Waals surface area contributed by atoms with Crippen molar-refractivity contribution < 1.29 is 0 Å². The Bertz CT molecular complexity index is 678. The molecule has 6 nitrogen and oxygen atoms in total. The maximum absolute atomic E-state index is 12.4. The van der Waals surface area contributed by atoms with Crippen molar-refractivity contribution in [1.29, 1.82) is 0 Å². The van der Waals surface area contributed by atoms with Gasteiger partial charge in [-0.2, -0.15) is 5.10 Å². The van der Waals surface area contributed by atoms with Crippen molar-refractivity contribution in [3.8, 4) is 0 Å². The van der Waals surface area contributed by atoms with Crippen LogP contribution in [-0.4, -0.2) is 38.4 Å². The summed E-state index contributed by atoms with van der Waals surface area (Å²) in [7, 11) is 0. The Morgan fingerprint density at radius 1 is 0.909 bits per heavy atom. The Kier molecular flexibility index (Phi) is 3.75. The van der Waals surface area contributed by atoms with Gasteiger partial charge >= 0.3 is 11.1 Å². The zero-order valence-electron chi connectivity index (χ0n) is 14.0. The summed E-state index contributed by atoms with van der Waals surface area (Å²) in [6.45, 7) is 10.9. The Hall–Kier alpha value is -1.43. The first-order valence-electron chi connectivity index (χ1n) is 8.34. The van der Waals surface area contributed by atoms with Gasteiger partial charge in [0, 0.05) is 18.0 Å². The van der Waals surface area contributed by atoms with Crippen LogP contribution in [0.2, 0.25) is 0 Å². The molecule has 0 amide bonds. The van der Waals surface area contributed by atoms with Gasteiger partial charge in [0.25, 0.3) is 0 Å². The molecule has 6 heteroatoms. The lowest BCUT2D eigenvalue weighted by Gasteiger charge is -2.40. The smallest absolute Gasteiger partial charge is 0.301 e. The number of rotatable bonds is 2. The van der Waals surface area contributed by atoms with E-state index in [0.29, 0.717) is 12.6 Å². The van der Waals surface area contributed by atoms with E-state index < -0.39 is 11.1 Å². The van der Waals surface area contributed by atoms with Gasteiger partial charge in [-0.1, -0.05) is 0 Å². The fraction of sp³-hybridized carbons (Fsp3) is 0.812. The van der Waals surface area contributed by atoms with E-state index in [-0.39, 0.29) is 11.5 Å². The largest absolute Gasteiger partial charge is 0.332 e. The summed E-state index contributed by atoms with van der Waals surface area (Å²) >= 11 is 0. The van der Waals surface area contributed by atoms with Gasteiger partial charge in [0.2, 0.25) is 0 Å². The molecule has 0 radical (unpaired) electrons. The molecule has 0 aliphatic carbocycles. The van der Waals surface area contributed by atoms with Gasteiger partial charge in [-0.25, -0.2) is 4.68 Å². The molecule has 1 fully saturated rings. The first-order valence-corrected chi connectivity index (χ1v) is 8.34. The highest BCUT2D eigenvalue weighted by Gasteiger charge is 2.44. The topological polar surface area (TPSA) is 60.1 Å². The molecule has 1 spiro atoms. The highest BCUT2D eigenvalue weighted by atomic mass is 16.2. The van der Waals surface area contributed by atoms with Crippen LogP contribution in [0, 0.1) is 0 Å². The van der Waals surface area contributed by atoms with E-state index in [4.69, 9.17) is 0 Å². The zero-order chi connectivity index (χ0) is 16.1. The molecule has 2 aliphatic heterocycles. The van der Waals surface area contributed by atoms with Gasteiger partial charge in [-0.15, -0.1) is 0 Å². The number of hydrogen-bond acceptors (Lipinski definition) is 4. The third-order valence-corrected chi connectivity index (χ3v) is 5.36. The number of aromatic nitrogens is 3. The average Bonchev–Trinajstić information content (AvgIpc) is 2.82. The monoisotopic (exact) mass is 306 g/mol. The van der Waals surface area contributed by atoms with E-state index in [9.17, 15) is 9.59 Å². The number of piperidine rings is 1. The molecule has 0 N–H and O–H groups in total. The molecule has 1 saturated heterocycles. The van der Waals surface area contributed by atoms with E-state index in [1.807, 2.05) is 13.8 Å². The molecule has 22 heavy (non-hydrogen) atoms. The second-order valence-electron chi connectivity index (χ2n) is 7.28. The van der Waals surface area contributed by atoms with E-state index in [1.54, 1.807) is 4.57 Å². The SMILES string of the molecule is CC(C)N1CCC2(CC1)CCn1c2nn(C(C)C)c(=O)c1=O. The first-order chi connectivity index (χ1) is 10.4. The minimum atomic E-state index is -0.490. The summed E-state index contributed by atoms with van der Waals surface area (Å²) < 4.78 is 3.00. The standard InChI is InChI=1S/C16H26N4O2/c1-11(2)18-8-5-16(6-9-18)7-10-19-13(21)14(22)20(12(3)4)17-15(16)19/h11-12H,5-10H2,1-4H3. The van der Waals surface area contributed by atoms with Gasteiger partial charge in [0.05, 0.1) is 6.04 Å². The van der Waals surface area contributed by atoms with Crippen LogP contribution in [0.25, 0.3) is 0 Å². The Balaban J connectivity index is 2.02. The van der Waals surface area contributed by atoms with Gasteiger partial charge in [0.15, 0.2) is 0 Å². The normalized spacial score (nSPS) is 21.0. The van der Waals surface area contributed by atoms with Gasteiger partial charge < -0.3 is 4.90 Å². The minimum absolute atomic E-state index is 0.0190. The summed E-state index contributed by atoms with van der Waals surface area (Å²) in [6.07, 6.45) is 2.98. The van der Waals surface area contributed by atoms with Gasteiger partial charge in [-0.05, 0) is 60.0 Å². The van der Waals surface area contributed by atoms with E-state index in [2.05, 4.69) is 23.8 Å². The maximum atomic E-state index is 12.4. The summed E-state index contributed by atoms with van der Waals surface area (Å²) in [5, 5.41) is 4.61. The van der Waals surface area contributed by atoms with Crippen LogP contribution in [0.5, 0.6) is 0 Å². The average molecular weight is 306 g/mol. The summed E-state index contributed by atoms with van der Waals surface area (Å²) in [6, 6.07) is 0.470. The van der Waals surface area contributed by atoms with Crippen molar-refractivity contribution in [2.75, 3.05) is 13.1 Å². The Morgan fingerprint density at radius 3 is 2.05 bits per heavy atom. The quantitative estimate of drug-likeness (QED) is 0.769. The molecule has 2 aliphatic rings. The fourth-order valence-electron chi connectivity index (χ4n) is 3.84. The lowest BCUT2D eigenvalue weighted by molar-refractivity contribution is 0.125. The van der Waals surface area contributed by atoms with Crippen molar-refractivity contribution in [1.82, 2.24) is 19.2 Å². The minimum Gasteiger partial charge on any atom is -0.301 e. The molecule has 0 atom stereocenters. The molecule has 0 bridgehead atoms. The third kappa shape index (κ3) is 2.24. The predicted molar refractivity (Wildman–Crippen MR) is 85.4 cm³/mol. The lowest BCUT2D eigenvalue weighted by Crippen LogP contribution is -2.48. The second-order valence-corrected chi connectivity index (χ2v) is 7.28. The van der Waals surface area contributed by atoms with Crippen molar-refractivity contribution >= 4 is 0 Å². The molecule has 3 heterocycles. The maximum Gasteiger partial charge on any atom is 0.332 e. The molecule has 1 aromatic rings. The third-order valence-electron chi connectivity index (χ3n) is 5.36. The highest BCUT2D eigenvalue weighted by molar-refractivity contribution is 5.15. The van der Waals surface area contributed by atoms with Gasteiger partial charge in [-0.3, -0.25) is 14.2 Å².